The highest BCUT2D eigenvalue weighted by molar-refractivity contribution is 7.15. The fourth-order valence-electron chi connectivity index (χ4n) is 1.97. The number of aryl methyl sites for hydroxylation is 1. The van der Waals surface area contributed by atoms with Crippen LogP contribution in [0.15, 0.2) is 30.3 Å². The number of thiophene rings is 1. The minimum Gasteiger partial charge on any atom is -0.326 e. The largest absolute Gasteiger partial charge is 0.326 e. The lowest BCUT2D eigenvalue weighted by atomic mass is 9.99. The van der Waals surface area contributed by atoms with Crippen molar-refractivity contribution in [3.63, 3.8) is 0 Å². The van der Waals surface area contributed by atoms with Gasteiger partial charge in [0.25, 0.3) is 0 Å². The smallest absolute Gasteiger partial charge is 0.0375 e. The van der Waals surface area contributed by atoms with Crippen molar-refractivity contribution in [1.82, 2.24) is 0 Å². The average Bonchev–Trinajstić information content (AvgIpc) is 2.71. The van der Waals surface area contributed by atoms with Gasteiger partial charge in [-0.05, 0) is 35.6 Å². The van der Waals surface area contributed by atoms with Crippen LogP contribution in [0.1, 0.15) is 35.8 Å². The molecule has 0 atom stereocenters. The van der Waals surface area contributed by atoms with Gasteiger partial charge < -0.3 is 5.73 Å². The maximum Gasteiger partial charge on any atom is 0.0375 e. The Morgan fingerprint density at radius 1 is 1.24 bits per heavy atom. The Morgan fingerprint density at radius 2 is 2.00 bits per heavy atom. The summed E-state index contributed by atoms with van der Waals surface area (Å²) in [6, 6.07) is 11.0. The summed E-state index contributed by atoms with van der Waals surface area (Å²) in [5.74, 6) is 0.573. The Morgan fingerprint density at radius 3 is 2.59 bits per heavy atom. The van der Waals surface area contributed by atoms with Crippen LogP contribution in [-0.2, 0) is 6.54 Å². The molecule has 1 aromatic carbocycles. The predicted molar refractivity (Wildman–Crippen MR) is 76.5 cm³/mol. The molecular weight excluding hydrogens is 226 g/mol. The van der Waals surface area contributed by atoms with Gasteiger partial charge in [0.15, 0.2) is 0 Å². The Balaban J connectivity index is 2.45. The molecule has 0 unspecified atom stereocenters. The van der Waals surface area contributed by atoms with Crippen molar-refractivity contribution in [1.29, 1.82) is 0 Å². The van der Waals surface area contributed by atoms with Crippen LogP contribution in [0.25, 0.3) is 10.4 Å². The molecule has 0 radical (unpaired) electrons. The Labute approximate surface area is 107 Å². The van der Waals surface area contributed by atoms with Crippen LogP contribution < -0.4 is 5.73 Å². The van der Waals surface area contributed by atoms with E-state index in [1.807, 2.05) is 11.3 Å². The van der Waals surface area contributed by atoms with Crippen molar-refractivity contribution in [2.75, 3.05) is 0 Å². The van der Waals surface area contributed by atoms with Gasteiger partial charge in [-0.1, -0.05) is 38.1 Å². The lowest BCUT2D eigenvalue weighted by Crippen LogP contribution is -1.91. The van der Waals surface area contributed by atoms with E-state index in [0.29, 0.717) is 12.5 Å². The molecular formula is C15H19NS. The number of hydrogen-bond acceptors (Lipinski definition) is 2. The van der Waals surface area contributed by atoms with E-state index in [9.17, 15) is 0 Å². The third-order valence-corrected chi connectivity index (χ3v) is 4.29. The minimum atomic E-state index is 0.573. The summed E-state index contributed by atoms with van der Waals surface area (Å²) < 4.78 is 0. The molecule has 0 aliphatic carbocycles. The van der Waals surface area contributed by atoms with Gasteiger partial charge in [-0.15, -0.1) is 11.3 Å². The molecule has 0 aliphatic heterocycles. The second kappa shape index (κ2) is 5.03. The van der Waals surface area contributed by atoms with Crippen LogP contribution in [0.4, 0.5) is 0 Å². The van der Waals surface area contributed by atoms with E-state index >= 15 is 0 Å². The molecule has 2 rings (SSSR count). The van der Waals surface area contributed by atoms with Crippen LogP contribution in [0.5, 0.6) is 0 Å². The molecule has 0 bridgehead atoms. The molecule has 0 fully saturated rings. The van der Waals surface area contributed by atoms with Gasteiger partial charge in [0.1, 0.15) is 0 Å². The standard InChI is InChI=1S/C15H19NS/c1-10(2)12-5-4-6-13(8-12)15-11(3)7-14(9-16)17-15/h4-8,10H,9,16H2,1-3H3. The minimum absolute atomic E-state index is 0.573. The van der Waals surface area contributed by atoms with Gasteiger partial charge >= 0.3 is 0 Å². The number of nitrogens with two attached hydrogens (primary N) is 1. The first-order chi connectivity index (χ1) is 8.11. The monoisotopic (exact) mass is 245 g/mol. The molecule has 0 aliphatic rings. The van der Waals surface area contributed by atoms with Gasteiger partial charge in [0.05, 0.1) is 0 Å². The van der Waals surface area contributed by atoms with Gasteiger partial charge in [0.2, 0.25) is 0 Å². The third kappa shape index (κ3) is 2.59. The number of rotatable bonds is 3. The summed E-state index contributed by atoms with van der Waals surface area (Å²) in [5, 5.41) is 0. The zero-order chi connectivity index (χ0) is 12.4. The highest BCUT2D eigenvalue weighted by Crippen LogP contribution is 2.33. The highest BCUT2D eigenvalue weighted by atomic mass is 32.1. The second-order valence-electron chi connectivity index (χ2n) is 4.71. The molecule has 1 heterocycles. The van der Waals surface area contributed by atoms with Crippen LogP contribution >= 0.6 is 11.3 Å². The zero-order valence-corrected chi connectivity index (χ0v) is 11.5. The molecule has 0 saturated carbocycles. The van der Waals surface area contributed by atoms with Crippen LogP contribution in [-0.4, -0.2) is 0 Å². The molecule has 90 valence electrons. The summed E-state index contributed by atoms with van der Waals surface area (Å²) in [7, 11) is 0. The molecule has 17 heavy (non-hydrogen) atoms. The maximum atomic E-state index is 5.70. The average molecular weight is 245 g/mol. The zero-order valence-electron chi connectivity index (χ0n) is 10.7. The lowest BCUT2D eigenvalue weighted by molar-refractivity contribution is 0.867. The van der Waals surface area contributed by atoms with Crippen molar-refractivity contribution in [3.05, 3.63) is 46.3 Å². The fourth-order valence-corrected chi connectivity index (χ4v) is 3.02. The summed E-state index contributed by atoms with van der Waals surface area (Å²) in [5.41, 5.74) is 9.74. The number of benzene rings is 1. The van der Waals surface area contributed by atoms with Gasteiger partial charge in [-0.3, -0.25) is 0 Å². The van der Waals surface area contributed by atoms with Gasteiger partial charge in [-0.25, -0.2) is 0 Å². The van der Waals surface area contributed by atoms with Crippen LogP contribution in [0, 0.1) is 6.92 Å². The topological polar surface area (TPSA) is 26.0 Å². The van der Waals surface area contributed by atoms with Crippen molar-refractivity contribution in [2.24, 2.45) is 5.73 Å². The normalized spacial score (nSPS) is 11.1. The fraction of sp³-hybridized carbons (Fsp3) is 0.333. The molecule has 2 aromatic rings. The van der Waals surface area contributed by atoms with Crippen molar-refractivity contribution >= 4 is 11.3 Å². The molecule has 0 amide bonds. The molecule has 0 spiro atoms. The van der Waals surface area contributed by atoms with Crippen molar-refractivity contribution in [2.45, 2.75) is 33.2 Å². The Bertz CT molecular complexity index is 511. The van der Waals surface area contributed by atoms with Crippen molar-refractivity contribution < 1.29 is 0 Å². The second-order valence-corrected chi connectivity index (χ2v) is 5.85. The van der Waals surface area contributed by atoms with E-state index in [1.165, 1.54) is 26.4 Å². The first-order valence-electron chi connectivity index (χ1n) is 6.01. The summed E-state index contributed by atoms with van der Waals surface area (Å²) >= 11 is 1.81. The van der Waals surface area contributed by atoms with E-state index in [2.05, 4.69) is 51.1 Å². The molecule has 2 N–H and O–H groups in total. The lowest BCUT2D eigenvalue weighted by Gasteiger charge is -2.07. The van der Waals surface area contributed by atoms with E-state index in [-0.39, 0.29) is 0 Å². The first-order valence-corrected chi connectivity index (χ1v) is 6.83. The number of hydrogen-bond donors (Lipinski definition) is 1. The van der Waals surface area contributed by atoms with E-state index in [1.54, 1.807) is 0 Å². The van der Waals surface area contributed by atoms with Gasteiger partial charge in [-0.2, -0.15) is 0 Å². The summed E-state index contributed by atoms with van der Waals surface area (Å²) in [6.07, 6.45) is 0. The SMILES string of the molecule is Cc1cc(CN)sc1-c1cccc(C(C)C)c1. The van der Waals surface area contributed by atoms with E-state index in [0.717, 1.165) is 0 Å². The van der Waals surface area contributed by atoms with E-state index in [4.69, 9.17) is 5.73 Å². The third-order valence-electron chi connectivity index (χ3n) is 2.99. The molecule has 2 heteroatoms. The highest BCUT2D eigenvalue weighted by Gasteiger charge is 2.08. The van der Waals surface area contributed by atoms with Crippen LogP contribution in [0.2, 0.25) is 0 Å². The molecule has 1 nitrogen and oxygen atoms in total. The van der Waals surface area contributed by atoms with Crippen LogP contribution in [0.3, 0.4) is 0 Å². The predicted octanol–water partition coefficient (Wildman–Crippen LogP) is 4.31. The Kier molecular flexibility index (Phi) is 3.65. The van der Waals surface area contributed by atoms with E-state index < -0.39 is 0 Å². The molecule has 1 aromatic heterocycles. The Hall–Kier alpha value is -1.12. The van der Waals surface area contributed by atoms with Crippen molar-refractivity contribution in [3.8, 4) is 10.4 Å². The summed E-state index contributed by atoms with van der Waals surface area (Å²) in [4.78, 5) is 2.61. The first kappa shape index (κ1) is 12.3. The summed E-state index contributed by atoms with van der Waals surface area (Å²) in [6.45, 7) is 7.25. The van der Waals surface area contributed by atoms with Gasteiger partial charge in [0, 0.05) is 16.3 Å². The molecule has 0 saturated heterocycles. The quantitative estimate of drug-likeness (QED) is 0.857. The maximum absolute atomic E-state index is 5.70.